The highest BCUT2D eigenvalue weighted by Crippen LogP contribution is 2.20. The molecule has 108 valence electrons. The van der Waals surface area contributed by atoms with Gasteiger partial charge in [0.1, 0.15) is 0 Å². The van der Waals surface area contributed by atoms with Crippen molar-refractivity contribution in [3.63, 3.8) is 0 Å². The molecule has 0 bridgehead atoms. The van der Waals surface area contributed by atoms with Crippen LogP contribution in [0, 0.1) is 5.92 Å². The molecule has 2 aromatic rings. The molecule has 20 heavy (non-hydrogen) atoms. The van der Waals surface area contributed by atoms with Crippen LogP contribution in [-0.2, 0) is 13.0 Å². The average Bonchev–Trinajstić information content (AvgIpc) is 2.86. The van der Waals surface area contributed by atoms with Gasteiger partial charge in [-0.1, -0.05) is 41.9 Å². The number of halogens is 1. The van der Waals surface area contributed by atoms with E-state index in [-0.39, 0.29) is 0 Å². The van der Waals surface area contributed by atoms with Gasteiger partial charge in [-0.25, -0.2) is 4.68 Å². The van der Waals surface area contributed by atoms with Crippen LogP contribution in [0.3, 0.4) is 0 Å². The van der Waals surface area contributed by atoms with E-state index < -0.39 is 0 Å². The minimum absolute atomic E-state index is 0.642. The van der Waals surface area contributed by atoms with Gasteiger partial charge in [0.05, 0.1) is 17.6 Å². The van der Waals surface area contributed by atoms with Crippen LogP contribution < -0.4 is 5.32 Å². The largest absolute Gasteiger partial charge is 0.311 e. The third kappa shape index (κ3) is 3.90. The number of hydrogen-bond donors (Lipinski definition) is 1. The first-order valence-corrected chi connectivity index (χ1v) is 7.80. The monoisotopic (exact) mass is 336 g/mol. The second-order valence-corrected chi connectivity index (χ2v) is 6.22. The van der Waals surface area contributed by atoms with Crippen LogP contribution in [-0.4, -0.2) is 21.5 Å². The molecule has 0 fully saturated rings. The summed E-state index contributed by atoms with van der Waals surface area (Å²) in [6.07, 6.45) is 2.96. The minimum atomic E-state index is 0.642. The minimum Gasteiger partial charge on any atom is -0.311 e. The van der Waals surface area contributed by atoms with Crippen molar-refractivity contribution >= 4 is 15.9 Å². The zero-order valence-electron chi connectivity index (χ0n) is 12.2. The van der Waals surface area contributed by atoms with Crippen molar-refractivity contribution in [2.75, 3.05) is 6.54 Å². The summed E-state index contributed by atoms with van der Waals surface area (Å²) in [6.45, 7) is 8.28. The molecule has 0 saturated heterocycles. The molecule has 0 saturated carbocycles. The summed E-state index contributed by atoms with van der Waals surface area (Å²) >= 11 is 3.51. The molecule has 0 amide bonds. The molecule has 1 N–H and O–H groups in total. The highest BCUT2D eigenvalue weighted by molar-refractivity contribution is 9.10. The van der Waals surface area contributed by atoms with Crippen LogP contribution in [0.15, 0.2) is 28.9 Å². The fourth-order valence-corrected chi connectivity index (χ4v) is 2.46. The highest BCUT2D eigenvalue weighted by atomic mass is 79.9. The Balaban J connectivity index is 2.12. The van der Waals surface area contributed by atoms with Crippen molar-refractivity contribution < 1.29 is 0 Å². The third-order valence-electron chi connectivity index (χ3n) is 3.07. The molecular formula is C15H21BrN4. The maximum atomic E-state index is 4.23. The Hall–Kier alpha value is -1.20. The number of aromatic nitrogens is 3. The van der Waals surface area contributed by atoms with E-state index in [0.717, 1.165) is 35.4 Å². The maximum absolute atomic E-state index is 4.23. The molecule has 0 spiro atoms. The Morgan fingerprint density at radius 2 is 2.15 bits per heavy atom. The zero-order valence-corrected chi connectivity index (χ0v) is 13.8. The standard InChI is InChI=1S/C15H21BrN4/c1-4-12-7-13(16)5-6-15(12)20-10-14(18-19-20)9-17-8-11(2)3/h5-7,10-11,17H,4,8-9H2,1-3H3. The van der Waals surface area contributed by atoms with Crippen LogP contribution in [0.1, 0.15) is 32.0 Å². The molecule has 0 atom stereocenters. The normalized spacial score (nSPS) is 11.2. The van der Waals surface area contributed by atoms with Crippen LogP contribution in [0.2, 0.25) is 0 Å². The number of hydrogen-bond acceptors (Lipinski definition) is 3. The van der Waals surface area contributed by atoms with Crippen LogP contribution in [0.5, 0.6) is 0 Å². The molecule has 4 nitrogen and oxygen atoms in total. The van der Waals surface area contributed by atoms with Gasteiger partial charge in [0.15, 0.2) is 0 Å². The van der Waals surface area contributed by atoms with Gasteiger partial charge < -0.3 is 5.32 Å². The summed E-state index contributed by atoms with van der Waals surface area (Å²) in [5.74, 6) is 0.642. The number of nitrogens with zero attached hydrogens (tertiary/aromatic N) is 3. The number of benzene rings is 1. The fourth-order valence-electron chi connectivity index (χ4n) is 2.05. The van der Waals surface area contributed by atoms with E-state index in [0.29, 0.717) is 5.92 Å². The average molecular weight is 337 g/mol. The Morgan fingerprint density at radius 1 is 1.35 bits per heavy atom. The van der Waals surface area contributed by atoms with Crippen molar-refractivity contribution in [1.82, 2.24) is 20.3 Å². The van der Waals surface area contributed by atoms with Crippen LogP contribution >= 0.6 is 15.9 Å². The quantitative estimate of drug-likeness (QED) is 0.879. The summed E-state index contributed by atoms with van der Waals surface area (Å²) in [5, 5.41) is 11.8. The van der Waals surface area contributed by atoms with Gasteiger partial charge in [-0.2, -0.15) is 0 Å². The molecule has 0 aliphatic carbocycles. The molecule has 1 heterocycles. The lowest BCUT2D eigenvalue weighted by atomic mass is 10.1. The Morgan fingerprint density at radius 3 is 2.85 bits per heavy atom. The molecular weight excluding hydrogens is 316 g/mol. The van der Waals surface area contributed by atoms with Crippen LogP contribution in [0.4, 0.5) is 0 Å². The van der Waals surface area contributed by atoms with E-state index in [9.17, 15) is 0 Å². The fraction of sp³-hybridized carbons (Fsp3) is 0.467. The lowest BCUT2D eigenvalue weighted by molar-refractivity contribution is 0.548. The summed E-state index contributed by atoms with van der Waals surface area (Å²) in [5.41, 5.74) is 3.32. The van der Waals surface area contributed by atoms with Gasteiger partial charge in [-0.15, -0.1) is 5.10 Å². The highest BCUT2D eigenvalue weighted by Gasteiger charge is 2.07. The number of aryl methyl sites for hydroxylation is 1. The smallest absolute Gasteiger partial charge is 0.0969 e. The zero-order chi connectivity index (χ0) is 14.5. The van der Waals surface area contributed by atoms with Crippen molar-refractivity contribution in [3.8, 4) is 5.69 Å². The third-order valence-corrected chi connectivity index (χ3v) is 3.56. The number of nitrogens with one attached hydrogen (secondary N) is 1. The van der Waals surface area contributed by atoms with Gasteiger partial charge in [-0.05, 0) is 42.6 Å². The van der Waals surface area contributed by atoms with Crippen molar-refractivity contribution in [2.45, 2.75) is 33.7 Å². The van der Waals surface area contributed by atoms with Gasteiger partial charge in [0, 0.05) is 11.0 Å². The van der Waals surface area contributed by atoms with Gasteiger partial charge in [0.2, 0.25) is 0 Å². The van der Waals surface area contributed by atoms with Crippen molar-refractivity contribution in [1.29, 1.82) is 0 Å². The summed E-state index contributed by atoms with van der Waals surface area (Å²) < 4.78 is 2.95. The Kier molecular flexibility index (Phi) is 5.31. The van der Waals surface area contributed by atoms with Crippen LogP contribution in [0.25, 0.3) is 5.69 Å². The van der Waals surface area contributed by atoms with Crippen molar-refractivity contribution in [3.05, 3.63) is 40.1 Å². The topological polar surface area (TPSA) is 42.7 Å². The van der Waals surface area contributed by atoms with E-state index >= 15 is 0 Å². The second kappa shape index (κ2) is 6.99. The molecule has 0 radical (unpaired) electrons. The van der Waals surface area contributed by atoms with E-state index in [4.69, 9.17) is 0 Å². The number of rotatable bonds is 6. The molecule has 2 rings (SSSR count). The molecule has 1 aromatic carbocycles. The predicted molar refractivity (Wildman–Crippen MR) is 85.0 cm³/mol. The SMILES string of the molecule is CCc1cc(Br)ccc1-n1cc(CNCC(C)C)nn1. The first-order chi connectivity index (χ1) is 9.60. The predicted octanol–water partition coefficient (Wildman–Crippen LogP) is 3.34. The Bertz CT molecular complexity index is 563. The molecule has 0 unspecified atom stereocenters. The summed E-state index contributed by atoms with van der Waals surface area (Å²) in [7, 11) is 0. The molecule has 5 heteroatoms. The second-order valence-electron chi connectivity index (χ2n) is 5.31. The van der Waals surface area contributed by atoms with Gasteiger partial charge >= 0.3 is 0 Å². The van der Waals surface area contributed by atoms with Gasteiger partial charge in [0.25, 0.3) is 0 Å². The lowest BCUT2D eigenvalue weighted by Crippen LogP contribution is -2.19. The van der Waals surface area contributed by atoms with E-state index in [2.05, 4.69) is 64.5 Å². The summed E-state index contributed by atoms with van der Waals surface area (Å²) in [6, 6.07) is 6.24. The van der Waals surface area contributed by atoms with Crippen molar-refractivity contribution in [2.24, 2.45) is 5.92 Å². The first kappa shape index (κ1) is 15.2. The molecule has 0 aliphatic rings. The van der Waals surface area contributed by atoms with E-state index in [1.54, 1.807) is 0 Å². The Labute approximate surface area is 128 Å². The summed E-state index contributed by atoms with van der Waals surface area (Å²) in [4.78, 5) is 0. The molecule has 0 aliphatic heterocycles. The van der Waals surface area contributed by atoms with Gasteiger partial charge in [-0.3, -0.25) is 0 Å². The van der Waals surface area contributed by atoms with E-state index in [1.165, 1.54) is 5.56 Å². The van der Waals surface area contributed by atoms with E-state index in [1.807, 2.05) is 16.9 Å². The maximum Gasteiger partial charge on any atom is 0.0969 e. The molecule has 1 aromatic heterocycles. The lowest BCUT2D eigenvalue weighted by Gasteiger charge is -2.07. The first-order valence-electron chi connectivity index (χ1n) is 7.01.